The van der Waals surface area contributed by atoms with Crippen molar-refractivity contribution in [2.45, 2.75) is 31.9 Å². The van der Waals surface area contributed by atoms with E-state index in [0.717, 1.165) is 6.42 Å². The van der Waals surface area contributed by atoms with E-state index in [2.05, 4.69) is 25.4 Å². The molecule has 21 heavy (non-hydrogen) atoms. The molecule has 3 rings (SSSR count). The maximum absolute atomic E-state index is 12.1. The van der Waals surface area contributed by atoms with Crippen molar-refractivity contribution in [2.75, 3.05) is 6.61 Å². The summed E-state index contributed by atoms with van der Waals surface area (Å²) in [5.41, 5.74) is -0.759. The Labute approximate surface area is 120 Å². The van der Waals surface area contributed by atoms with Crippen LogP contribution in [0.3, 0.4) is 0 Å². The lowest BCUT2D eigenvalue weighted by Crippen LogP contribution is -2.43. The maximum Gasteiger partial charge on any atom is 0.252 e. The van der Waals surface area contributed by atoms with Crippen LogP contribution < -0.4 is 5.32 Å². The molecule has 110 valence electrons. The van der Waals surface area contributed by atoms with E-state index in [1.54, 1.807) is 25.4 Å². The number of aromatic nitrogens is 4. The SMILES string of the molecule is C[C@]1(C(=O)NCc2nc(-c3ncccn3)no2)CCCO1. The Hall–Kier alpha value is -2.35. The number of carbonyl (C=O) groups excluding carboxylic acids is 1. The standard InChI is InChI=1S/C13H15N5O3/c1-13(4-2-7-20-13)12(19)16-8-9-17-11(18-21-9)10-14-5-3-6-15-10/h3,5-6H,2,4,7-8H2,1H3,(H,16,19)/t13-/m1/s1. The van der Waals surface area contributed by atoms with Gasteiger partial charge in [-0.3, -0.25) is 4.79 Å². The summed E-state index contributed by atoms with van der Waals surface area (Å²) >= 11 is 0. The molecule has 2 aromatic heterocycles. The Bertz CT molecular complexity index is 622. The summed E-state index contributed by atoms with van der Waals surface area (Å²) < 4.78 is 10.5. The van der Waals surface area contributed by atoms with E-state index >= 15 is 0 Å². The van der Waals surface area contributed by atoms with E-state index in [1.165, 1.54) is 0 Å². The average molecular weight is 289 g/mol. The lowest BCUT2D eigenvalue weighted by Gasteiger charge is -2.21. The summed E-state index contributed by atoms with van der Waals surface area (Å²) in [7, 11) is 0. The quantitative estimate of drug-likeness (QED) is 0.884. The monoisotopic (exact) mass is 289 g/mol. The Kier molecular flexibility index (Phi) is 3.61. The first-order chi connectivity index (χ1) is 10.2. The zero-order valence-corrected chi connectivity index (χ0v) is 11.6. The largest absolute Gasteiger partial charge is 0.365 e. The van der Waals surface area contributed by atoms with Gasteiger partial charge in [-0.1, -0.05) is 5.16 Å². The van der Waals surface area contributed by atoms with Gasteiger partial charge in [0.15, 0.2) is 0 Å². The van der Waals surface area contributed by atoms with Gasteiger partial charge in [0.05, 0.1) is 6.54 Å². The van der Waals surface area contributed by atoms with Crippen LogP contribution in [0, 0.1) is 0 Å². The van der Waals surface area contributed by atoms with Crippen LogP contribution in [0.25, 0.3) is 11.6 Å². The molecular formula is C13H15N5O3. The first-order valence-corrected chi connectivity index (χ1v) is 6.70. The molecule has 3 heterocycles. The van der Waals surface area contributed by atoms with Gasteiger partial charge in [0.25, 0.3) is 5.91 Å². The van der Waals surface area contributed by atoms with E-state index < -0.39 is 5.60 Å². The highest BCUT2D eigenvalue weighted by Crippen LogP contribution is 2.25. The van der Waals surface area contributed by atoms with Gasteiger partial charge in [0.2, 0.25) is 17.5 Å². The zero-order chi connectivity index (χ0) is 14.7. The van der Waals surface area contributed by atoms with E-state index in [-0.39, 0.29) is 12.5 Å². The minimum atomic E-state index is -0.759. The third-order valence-corrected chi connectivity index (χ3v) is 3.33. The summed E-state index contributed by atoms with van der Waals surface area (Å²) in [6.45, 7) is 2.55. The van der Waals surface area contributed by atoms with Crippen molar-refractivity contribution in [2.24, 2.45) is 0 Å². The van der Waals surface area contributed by atoms with Crippen molar-refractivity contribution in [3.8, 4) is 11.6 Å². The Balaban J connectivity index is 1.62. The molecule has 0 unspecified atom stereocenters. The number of nitrogens with zero attached hydrogens (tertiary/aromatic N) is 4. The summed E-state index contributed by atoms with van der Waals surface area (Å²) in [4.78, 5) is 24.3. The van der Waals surface area contributed by atoms with Crippen molar-refractivity contribution in [1.29, 1.82) is 0 Å². The number of nitrogens with one attached hydrogen (secondary N) is 1. The van der Waals surface area contributed by atoms with Gasteiger partial charge in [0.1, 0.15) is 5.60 Å². The van der Waals surface area contributed by atoms with Gasteiger partial charge in [-0.05, 0) is 25.8 Å². The molecule has 0 radical (unpaired) electrons. The molecule has 0 saturated carbocycles. The van der Waals surface area contributed by atoms with E-state index in [9.17, 15) is 4.79 Å². The Morgan fingerprint density at radius 2 is 2.19 bits per heavy atom. The molecule has 2 aromatic rings. The van der Waals surface area contributed by atoms with Gasteiger partial charge >= 0.3 is 0 Å². The highest BCUT2D eigenvalue weighted by Gasteiger charge is 2.37. The molecule has 1 saturated heterocycles. The molecule has 8 heteroatoms. The zero-order valence-electron chi connectivity index (χ0n) is 11.6. The topological polar surface area (TPSA) is 103 Å². The number of carbonyl (C=O) groups is 1. The normalized spacial score (nSPS) is 21.4. The molecule has 1 amide bonds. The molecule has 1 fully saturated rings. The van der Waals surface area contributed by atoms with Crippen molar-refractivity contribution in [3.05, 3.63) is 24.4 Å². The molecule has 0 bridgehead atoms. The third kappa shape index (κ3) is 2.89. The van der Waals surface area contributed by atoms with Crippen LogP contribution in [0.15, 0.2) is 23.0 Å². The van der Waals surface area contributed by atoms with Crippen LogP contribution in [-0.4, -0.2) is 38.2 Å². The van der Waals surface area contributed by atoms with Gasteiger partial charge in [-0.25, -0.2) is 9.97 Å². The number of rotatable bonds is 4. The molecule has 1 aliphatic heterocycles. The van der Waals surface area contributed by atoms with Gasteiger partial charge in [-0.2, -0.15) is 4.98 Å². The number of amides is 1. The maximum atomic E-state index is 12.1. The fourth-order valence-electron chi connectivity index (χ4n) is 2.13. The second-order valence-electron chi connectivity index (χ2n) is 4.95. The van der Waals surface area contributed by atoms with Gasteiger partial charge in [-0.15, -0.1) is 0 Å². The van der Waals surface area contributed by atoms with Gasteiger partial charge in [0, 0.05) is 19.0 Å². The lowest BCUT2D eigenvalue weighted by atomic mass is 10.0. The van der Waals surface area contributed by atoms with Crippen molar-refractivity contribution < 1.29 is 14.1 Å². The highest BCUT2D eigenvalue weighted by atomic mass is 16.5. The molecular weight excluding hydrogens is 274 g/mol. The van der Waals surface area contributed by atoms with Crippen molar-refractivity contribution in [3.63, 3.8) is 0 Å². The van der Waals surface area contributed by atoms with Crippen molar-refractivity contribution >= 4 is 5.91 Å². The van der Waals surface area contributed by atoms with Gasteiger partial charge < -0.3 is 14.6 Å². The van der Waals surface area contributed by atoms with Crippen LogP contribution in [0.4, 0.5) is 0 Å². The smallest absolute Gasteiger partial charge is 0.252 e. The Morgan fingerprint density at radius 3 is 2.90 bits per heavy atom. The third-order valence-electron chi connectivity index (χ3n) is 3.33. The van der Waals surface area contributed by atoms with Crippen LogP contribution in [0.5, 0.6) is 0 Å². The fraction of sp³-hybridized carbons (Fsp3) is 0.462. The minimum absolute atomic E-state index is 0.150. The Morgan fingerprint density at radius 1 is 1.38 bits per heavy atom. The second-order valence-corrected chi connectivity index (χ2v) is 4.95. The molecule has 1 N–H and O–H groups in total. The lowest BCUT2D eigenvalue weighted by molar-refractivity contribution is -0.139. The fourth-order valence-corrected chi connectivity index (χ4v) is 2.13. The number of ether oxygens (including phenoxy) is 1. The second kappa shape index (κ2) is 5.57. The highest BCUT2D eigenvalue weighted by molar-refractivity contribution is 5.84. The molecule has 1 aliphatic rings. The summed E-state index contributed by atoms with van der Waals surface area (Å²) in [5.74, 6) is 0.802. The molecule has 1 atom stereocenters. The van der Waals surface area contributed by atoms with Crippen LogP contribution >= 0.6 is 0 Å². The van der Waals surface area contributed by atoms with Crippen molar-refractivity contribution in [1.82, 2.24) is 25.4 Å². The number of hydrogen-bond acceptors (Lipinski definition) is 7. The van der Waals surface area contributed by atoms with E-state index in [4.69, 9.17) is 9.26 Å². The summed E-state index contributed by atoms with van der Waals surface area (Å²) in [6, 6.07) is 1.70. The molecule has 0 aliphatic carbocycles. The predicted molar refractivity (Wildman–Crippen MR) is 70.8 cm³/mol. The molecule has 8 nitrogen and oxygen atoms in total. The first-order valence-electron chi connectivity index (χ1n) is 6.70. The molecule has 0 spiro atoms. The summed E-state index contributed by atoms with van der Waals surface area (Å²) in [5, 5.41) is 6.53. The predicted octanol–water partition coefficient (Wildman–Crippen LogP) is 0.712. The summed E-state index contributed by atoms with van der Waals surface area (Å²) in [6.07, 6.45) is 4.79. The van der Waals surface area contributed by atoms with Crippen LogP contribution in [0.2, 0.25) is 0 Å². The minimum Gasteiger partial charge on any atom is -0.365 e. The number of hydrogen-bond donors (Lipinski definition) is 1. The van der Waals surface area contributed by atoms with Crippen LogP contribution in [-0.2, 0) is 16.1 Å². The van der Waals surface area contributed by atoms with E-state index in [1.807, 2.05) is 0 Å². The molecule has 0 aromatic carbocycles. The van der Waals surface area contributed by atoms with Crippen LogP contribution in [0.1, 0.15) is 25.7 Å². The van der Waals surface area contributed by atoms with E-state index in [0.29, 0.717) is 30.6 Å². The average Bonchev–Trinajstić information content (AvgIpc) is 3.15. The first kappa shape index (κ1) is 13.6.